The van der Waals surface area contributed by atoms with Gasteiger partial charge in [0.2, 0.25) is 5.78 Å². The number of unbranched alkanes of at least 4 members (excludes halogenated alkanes) is 1. The maximum Gasteiger partial charge on any atom is 0.316 e. The maximum absolute atomic E-state index is 13.4. The highest BCUT2D eigenvalue weighted by Crippen LogP contribution is 2.24. The van der Waals surface area contributed by atoms with Gasteiger partial charge in [0.15, 0.2) is 5.16 Å². The molecule has 0 bridgehead atoms. The minimum atomic E-state index is -0.289. The van der Waals surface area contributed by atoms with E-state index in [0.717, 1.165) is 29.7 Å². The van der Waals surface area contributed by atoms with Crippen LogP contribution in [0.15, 0.2) is 52.4 Å². The predicted octanol–water partition coefficient (Wildman–Crippen LogP) is 4.09. The molecular weight excluding hydrogens is 412 g/mol. The SMILES string of the molecule is CCCCOC(=O)CSc1nnc2n(-c3cc(C)ccc3C)c(=O)c3ccccc3n12. The smallest absolute Gasteiger partial charge is 0.316 e. The van der Waals surface area contributed by atoms with Gasteiger partial charge < -0.3 is 4.74 Å². The average Bonchev–Trinajstić information content (AvgIpc) is 3.19. The molecular formula is C23H24N4O3S. The fraction of sp³-hybridized carbons (Fsp3) is 0.304. The van der Waals surface area contributed by atoms with E-state index in [4.69, 9.17) is 4.74 Å². The molecule has 0 saturated heterocycles. The summed E-state index contributed by atoms with van der Waals surface area (Å²) in [6.07, 6.45) is 1.81. The van der Waals surface area contributed by atoms with Gasteiger partial charge in [0, 0.05) is 0 Å². The number of aryl methyl sites for hydroxylation is 2. The number of hydrogen-bond donors (Lipinski definition) is 0. The van der Waals surface area contributed by atoms with Crippen molar-refractivity contribution in [3.63, 3.8) is 0 Å². The first-order valence-corrected chi connectivity index (χ1v) is 11.2. The number of carbonyl (C=O) groups is 1. The molecule has 0 saturated carbocycles. The van der Waals surface area contributed by atoms with Crippen LogP contribution in [-0.2, 0) is 9.53 Å². The summed E-state index contributed by atoms with van der Waals surface area (Å²) in [4.78, 5) is 25.5. The molecule has 2 heterocycles. The Kier molecular flexibility index (Phi) is 6.08. The van der Waals surface area contributed by atoms with Gasteiger partial charge in [-0.15, -0.1) is 10.2 Å². The highest BCUT2D eigenvalue weighted by Gasteiger charge is 2.19. The van der Waals surface area contributed by atoms with Gasteiger partial charge in [-0.05, 0) is 49.6 Å². The molecule has 0 unspecified atom stereocenters. The zero-order valence-electron chi connectivity index (χ0n) is 17.8. The molecule has 4 rings (SSSR count). The highest BCUT2D eigenvalue weighted by atomic mass is 32.2. The van der Waals surface area contributed by atoms with Crippen molar-refractivity contribution in [2.24, 2.45) is 0 Å². The fourth-order valence-electron chi connectivity index (χ4n) is 3.45. The van der Waals surface area contributed by atoms with Crippen LogP contribution in [0, 0.1) is 13.8 Å². The highest BCUT2D eigenvalue weighted by molar-refractivity contribution is 7.99. The lowest BCUT2D eigenvalue weighted by atomic mass is 10.1. The quantitative estimate of drug-likeness (QED) is 0.247. The normalized spacial score (nSPS) is 11.3. The van der Waals surface area contributed by atoms with Crippen LogP contribution >= 0.6 is 11.8 Å². The van der Waals surface area contributed by atoms with Crippen LogP contribution in [-0.4, -0.2) is 37.5 Å². The van der Waals surface area contributed by atoms with Gasteiger partial charge in [0.05, 0.1) is 29.0 Å². The van der Waals surface area contributed by atoms with Crippen LogP contribution in [0.3, 0.4) is 0 Å². The number of carbonyl (C=O) groups excluding carboxylic acids is 1. The second kappa shape index (κ2) is 8.93. The Hall–Kier alpha value is -3.13. The van der Waals surface area contributed by atoms with Crippen LogP contribution in [0.5, 0.6) is 0 Å². The number of esters is 1. The Morgan fingerprint density at radius 1 is 1.13 bits per heavy atom. The van der Waals surface area contributed by atoms with Crippen LogP contribution in [0.1, 0.15) is 30.9 Å². The van der Waals surface area contributed by atoms with E-state index in [2.05, 4.69) is 10.2 Å². The van der Waals surface area contributed by atoms with Crippen LogP contribution in [0.2, 0.25) is 0 Å². The van der Waals surface area contributed by atoms with Crippen LogP contribution in [0.4, 0.5) is 0 Å². The van der Waals surface area contributed by atoms with Gasteiger partial charge in [0.1, 0.15) is 0 Å². The molecule has 7 nitrogen and oxygen atoms in total. The lowest BCUT2D eigenvalue weighted by Gasteiger charge is -2.14. The number of para-hydroxylation sites is 1. The van der Waals surface area contributed by atoms with E-state index in [1.807, 2.05) is 61.6 Å². The summed E-state index contributed by atoms with van der Waals surface area (Å²) in [6, 6.07) is 13.3. The Morgan fingerprint density at radius 3 is 2.74 bits per heavy atom. The molecule has 0 fully saturated rings. The molecule has 0 aliphatic rings. The molecule has 2 aromatic carbocycles. The fourth-order valence-corrected chi connectivity index (χ4v) is 4.18. The first-order chi connectivity index (χ1) is 15.0. The van der Waals surface area contributed by atoms with Crippen molar-refractivity contribution in [1.82, 2.24) is 19.2 Å². The predicted molar refractivity (Wildman–Crippen MR) is 122 cm³/mol. The Bertz CT molecular complexity index is 1330. The minimum absolute atomic E-state index is 0.126. The summed E-state index contributed by atoms with van der Waals surface area (Å²) < 4.78 is 8.68. The number of fused-ring (bicyclic) bond motifs is 3. The molecule has 0 aliphatic heterocycles. The first-order valence-electron chi connectivity index (χ1n) is 10.3. The molecule has 8 heteroatoms. The van der Waals surface area contributed by atoms with Crippen LogP contribution < -0.4 is 5.56 Å². The van der Waals surface area contributed by atoms with Crippen molar-refractivity contribution in [2.75, 3.05) is 12.4 Å². The van der Waals surface area contributed by atoms with E-state index >= 15 is 0 Å². The van der Waals surface area contributed by atoms with Crippen molar-refractivity contribution in [1.29, 1.82) is 0 Å². The summed E-state index contributed by atoms with van der Waals surface area (Å²) in [6.45, 7) is 6.42. The summed E-state index contributed by atoms with van der Waals surface area (Å²) in [5, 5.41) is 9.73. The molecule has 0 radical (unpaired) electrons. The van der Waals surface area contributed by atoms with Gasteiger partial charge in [-0.3, -0.25) is 14.0 Å². The maximum atomic E-state index is 13.4. The zero-order valence-corrected chi connectivity index (χ0v) is 18.6. The number of hydrogen-bond acceptors (Lipinski definition) is 6. The average molecular weight is 437 g/mol. The molecule has 0 aliphatic carbocycles. The molecule has 0 N–H and O–H groups in total. The van der Waals surface area contributed by atoms with E-state index in [9.17, 15) is 9.59 Å². The molecule has 4 aromatic rings. The number of rotatable bonds is 7. The molecule has 0 spiro atoms. The molecule has 0 amide bonds. The first kappa shape index (κ1) is 21.1. The standard InChI is InChI=1S/C23H24N4O3S/c1-4-5-12-30-20(28)14-31-23-25-24-22-26(19-13-15(2)10-11-16(19)3)21(29)17-8-6-7-9-18(17)27(22)23/h6-11,13H,4-5,12,14H2,1-3H3. The van der Waals surface area contributed by atoms with Crippen molar-refractivity contribution in [3.05, 3.63) is 63.9 Å². The van der Waals surface area contributed by atoms with E-state index in [1.165, 1.54) is 11.8 Å². The zero-order chi connectivity index (χ0) is 22.0. The Balaban J connectivity index is 1.85. The van der Waals surface area contributed by atoms with Crippen molar-refractivity contribution < 1.29 is 9.53 Å². The van der Waals surface area contributed by atoms with Gasteiger partial charge in [-0.25, -0.2) is 4.57 Å². The van der Waals surface area contributed by atoms with Gasteiger partial charge in [-0.2, -0.15) is 0 Å². The third-order valence-corrected chi connectivity index (χ3v) is 5.98. The van der Waals surface area contributed by atoms with Gasteiger partial charge in [-0.1, -0.05) is 49.4 Å². The van der Waals surface area contributed by atoms with Gasteiger partial charge >= 0.3 is 5.97 Å². The van der Waals surface area contributed by atoms with E-state index in [-0.39, 0.29) is 17.3 Å². The second-order valence-electron chi connectivity index (χ2n) is 7.43. The summed E-state index contributed by atoms with van der Waals surface area (Å²) >= 11 is 1.25. The summed E-state index contributed by atoms with van der Waals surface area (Å²) in [7, 11) is 0. The number of thioether (sulfide) groups is 1. The van der Waals surface area contributed by atoms with Gasteiger partial charge in [0.25, 0.3) is 5.56 Å². The van der Waals surface area contributed by atoms with Crippen molar-refractivity contribution >= 4 is 34.4 Å². The van der Waals surface area contributed by atoms with E-state index in [0.29, 0.717) is 28.4 Å². The van der Waals surface area contributed by atoms with Crippen LogP contribution in [0.25, 0.3) is 22.4 Å². The summed E-state index contributed by atoms with van der Waals surface area (Å²) in [5.41, 5.74) is 3.32. The molecule has 160 valence electrons. The number of aromatic nitrogens is 4. The monoisotopic (exact) mass is 436 g/mol. The number of nitrogens with zero attached hydrogens (tertiary/aromatic N) is 4. The van der Waals surface area contributed by atoms with Crippen molar-refractivity contribution in [2.45, 2.75) is 38.8 Å². The van der Waals surface area contributed by atoms with E-state index in [1.54, 1.807) is 10.6 Å². The second-order valence-corrected chi connectivity index (χ2v) is 8.37. The minimum Gasteiger partial charge on any atom is -0.465 e. The molecule has 0 atom stereocenters. The number of ether oxygens (including phenoxy) is 1. The number of benzene rings is 2. The molecule has 31 heavy (non-hydrogen) atoms. The summed E-state index contributed by atoms with van der Waals surface area (Å²) in [5.74, 6) is 0.253. The largest absolute Gasteiger partial charge is 0.465 e. The third-order valence-electron chi connectivity index (χ3n) is 5.08. The third kappa shape index (κ3) is 4.07. The lowest BCUT2D eigenvalue weighted by molar-refractivity contribution is -0.140. The van der Waals surface area contributed by atoms with Crippen molar-refractivity contribution in [3.8, 4) is 5.69 Å². The lowest BCUT2D eigenvalue weighted by Crippen LogP contribution is -2.22. The Labute approximate surface area is 184 Å². The Morgan fingerprint density at radius 2 is 1.94 bits per heavy atom. The topological polar surface area (TPSA) is 78.5 Å². The molecule has 2 aromatic heterocycles. The van der Waals surface area contributed by atoms with E-state index < -0.39 is 0 Å².